The Kier molecular flexibility index (Phi) is 4.91. The Morgan fingerprint density at radius 1 is 1.11 bits per heavy atom. The van der Waals surface area contributed by atoms with Crippen LogP contribution in [0.1, 0.15) is 48.4 Å². The summed E-state index contributed by atoms with van der Waals surface area (Å²) in [5.74, 6) is 0. The van der Waals surface area contributed by atoms with Gasteiger partial charge in [0.25, 0.3) is 0 Å². The number of sulfone groups is 1. The lowest BCUT2D eigenvalue weighted by Crippen LogP contribution is -2.41. The minimum atomic E-state index is -3.34. The van der Waals surface area contributed by atoms with Crippen LogP contribution in [0.2, 0.25) is 0 Å². The highest BCUT2D eigenvalue weighted by atomic mass is 32.2. The van der Waals surface area contributed by atoms with Gasteiger partial charge in [-0.05, 0) is 67.9 Å². The van der Waals surface area contributed by atoms with Crippen molar-refractivity contribution in [2.24, 2.45) is 0 Å². The summed E-state index contributed by atoms with van der Waals surface area (Å²) in [5.41, 5.74) is 3.77. The second kappa shape index (κ2) is 7.24. The van der Waals surface area contributed by atoms with Crippen molar-refractivity contribution in [2.75, 3.05) is 11.6 Å². The molecule has 6 heteroatoms. The van der Waals surface area contributed by atoms with Gasteiger partial charge in [-0.25, -0.2) is 13.2 Å². The van der Waals surface area contributed by atoms with Gasteiger partial charge in [0.2, 0.25) is 0 Å². The van der Waals surface area contributed by atoms with E-state index in [0.29, 0.717) is 11.3 Å². The summed E-state index contributed by atoms with van der Waals surface area (Å²) in [4.78, 5) is 15.5. The topological polar surface area (TPSA) is 66.5 Å². The van der Waals surface area contributed by atoms with Crippen molar-refractivity contribution in [2.45, 2.75) is 56.0 Å². The number of hydrogen-bond acceptors (Lipinski definition) is 3. The van der Waals surface area contributed by atoms with Crippen LogP contribution in [0.15, 0.2) is 47.4 Å². The van der Waals surface area contributed by atoms with Crippen molar-refractivity contribution < 1.29 is 13.2 Å². The summed E-state index contributed by atoms with van der Waals surface area (Å²) in [6.07, 6.45) is 6.33. The molecule has 1 saturated carbocycles. The molecule has 1 N–H and O–H groups in total. The number of nitrogens with zero attached hydrogens (tertiary/aromatic N) is 1. The molecule has 1 fully saturated rings. The van der Waals surface area contributed by atoms with Gasteiger partial charge in [-0.3, -0.25) is 0 Å². The van der Waals surface area contributed by atoms with Gasteiger partial charge < -0.3 is 10.2 Å². The van der Waals surface area contributed by atoms with Crippen LogP contribution in [0, 0.1) is 6.92 Å². The van der Waals surface area contributed by atoms with E-state index in [1.807, 2.05) is 11.0 Å². The number of fused-ring (bicyclic) bond motifs is 1. The smallest absolute Gasteiger partial charge is 0.315 e. The second-order valence-corrected chi connectivity index (χ2v) is 9.91. The molecule has 1 unspecified atom stereocenters. The largest absolute Gasteiger partial charge is 0.322 e. The van der Waals surface area contributed by atoms with E-state index in [2.05, 4.69) is 23.5 Å². The Morgan fingerprint density at radius 2 is 1.86 bits per heavy atom. The van der Waals surface area contributed by atoms with Gasteiger partial charge in [0.05, 0.1) is 10.9 Å². The highest BCUT2D eigenvalue weighted by Crippen LogP contribution is 2.41. The van der Waals surface area contributed by atoms with Gasteiger partial charge in [-0.1, -0.05) is 30.3 Å². The lowest BCUT2D eigenvalue weighted by Gasteiger charge is -2.36. The monoisotopic (exact) mass is 398 g/mol. The molecule has 2 aliphatic carbocycles. The van der Waals surface area contributed by atoms with Gasteiger partial charge in [0.15, 0.2) is 9.84 Å². The first-order valence-electron chi connectivity index (χ1n) is 9.82. The van der Waals surface area contributed by atoms with Crippen LogP contribution < -0.4 is 5.32 Å². The summed E-state index contributed by atoms with van der Waals surface area (Å²) in [5, 5.41) is 2.95. The average Bonchev–Trinajstić information content (AvgIpc) is 3.48. The van der Waals surface area contributed by atoms with Gasteiger partial charge in [0, 0.05) is 18.0 Å². The van der Waals surface area contributed by atoms with E-state index in [-0.39, 0.29) is 23.0 Å². The van der Waals surface area contributed by atoms with Crippen molar-refractivity contribution in [3.63, 3.8) is 0 Å². The predicted octanol–water partition coefficient (Wildman–Crippen LogP) is 4.47. The zero-order valence-electron chi connectivity index (χ0n) is 16.3. The lowest BCUT2D eigenvalue weighted by atomic mass is 9.87. The molecule has 0 radical (unpaired) electrons. The summed E-state index contributed by atoms with van der Waals surface area (Å²) in [6, 6.07) is 13.6. The normalized spacial score (nSPS) is 19.0. The number of rotatable bonds is 4. The number of aryl methyl sites for hydroxylation is 2. The Bertz CT molecular complexity index is 1010. The van der Waals surface area contributed by atoms with Gasteiger partial charge in [0.1, 0.15) is 0 Å². The van der Waals surface area contributed by atoms with E-state index >= 15 is 0 Å². The van der Waals surface area contributed by atoms with Crippen molar-refractivity contribution in [3.05, 3.63) is 59.2 Å². The summed E-state index contributed by atoms with van der Waals surface area (Å²) >= 11 is 0. The third kappa shape index (κ3) is 3.78. The molecule has 0 aromatic heterocycles. The van der Waals surface area contributed by atoms with Crippen molar-refractivity contribution >= 4 is 21.6 Å². The first kappa shape index (κ1) is 19.0. The molecule has 0 heterocycles. The Labute approximate surface area is 166 Å². The fraction of sp³-hybridized carbons (Fsp3) is 0.409. The van der Waals surface area contributed by atoms with E-state index in [1.54, 1.807) is 25.1 Å². The summed E-state index contributed by atoms with van der Waals surface area (Å²) < 4.78 is 24.0. The van der Waals surface area contributed by atoms with Crippen LogP contribution in [-0.4, -0.2) is 31.6 Å². The molecule has 2 aliphatic rings. The zero-order chi connectivity index (χ0) is 19.9. The molecular weight excluding hydrogens is 372 g/mol. The lowest BCUT2D eigenvalue weighted by molar-refractivity contribution is 0.175. The van der Waals surface area contributed by atoms with Crippen LogP contribution in [0.4, 0.5) is 10.5 Å². The number of carbonyl (C=O) groups excluding carboxylic acids is 1. The molecule has 2 aromatic carbocycles. The Balaban J connectivity index is 1.62. The fourth-order valence-corrected chi connectivity index (χ4v) is 5.19. The maximum absolute atomic E-state index is 13.2. The Morgan fingerprint density at radius 3 is 2.57 bits per heavy atom. The van der Waals surface area contributed by atoms with Crippen LogP contribution in [0.5, 0.6) is 0 Å². The second-order valence-electron chi connectivity index (χ2n) is 7.93. The summed E-state index contributed by atoms with van der Waals surface area (Å²) in [6.45, 7) is 1.76. The number of benzene rings is 2. The molecule has 28 heavy (non-hydrogen) atoms. The molecule has 2 amide bonds. The molecule has 0 aliphatic heterocycles. The minimum Gasteiger partial charge on any atom is -0.315 e. The zero-order valence-corrected chi connectivity index (χ0v) is 17.1. The maximum atomic E-state index is 13.2. The highest BCUT2D eigenvalue weighted by molar-refractivity contribution is 7.90. The third-order valence-electron chi connectivity index (χ3n) is 5.69. The van der Waals surface area contributed by atoms with E-state index in [4.69, 9.17) is 0 Å². The quantitative estimate of drug-likeness (QED) is 0.826. The van der Waals surface area contributed by atoms with E-state index in [1.165, 1.54) is 17.4 Å². The van der Waals surface area contributed by atoms with Crippen LogP contribution in [-0.2, 0) is 16.3 Å². The number of hydrogen-bond donors (Lipinski definition) is 1. The SMILES string of the molecule is Cc1ccc(NC(=O)N(C2CC2)C2CCCc3ccccc32)cc1S(C)(=O)=O. The number of anilines is 1. The third-order valence-corrected chi connectivity index (χ3v) is 6.93. The molecule has 1 atom stereocenters. The summed E-state index contributed by atoms with van der Waals surface area (Å²) in [7, 11) is -3.34. The van der Waals surface area contributed by atoms with Crippen molar-refractivity contribution in [1.82, 2.24) is 4.90 Å². The number of urea groups is 1. The number of amides is 2. The van der Waals surface area contributed by atoms with E-state index in [0.717, 1.165) is 32.1 Å². The van der Waals surface area contributed by atoms with Crippen LogP contribution >= 0.6 is 0 Å². The Hall–Kier alpha value is -2.34. The minimum absolute atomic E-state index is 0.0808. The van der Waals surface area contributed by atoms with Crippen LogP contribution in [0.25, 0.3) is 0 Å². The molecule has 0 spiro atoms. The van der Waals surface area contributed by atoms with E-state index in [9.17, 15) is 13.2 Å². The molecule has 0 saturated heterocycles. The highest BCUT2D eigenvalue weighted by Gasteiger charge is 2.39. The molecule has 5 nitrogen and oxygen atoms in total. The molecular formula is C22H26N2O3S. The molecule has 2 aromatic rings. The van der Waals surface area contributed by atoms with Gasteiger partial charge in [-0.2, -0.15) is 0 Å². The molecule has 0 bridgehead atoms. The van der Waals surface area contributed by atoms with Gasteiger partial charge in [-0.15, -0.1) is 0 Å². The fourth-order valence-electron chi connectivity index (χ4n) is 4.20. The number of carbonyl (C=O) groups is 1. The van der Waals surface area contributed by atoms with Crippen molar-refractivity contribution in [3.8, 4) is 0 Å². The van der Waals surface area contributed by atoms with Crippen LogP contribution in [0.3, 0.4) is 0 Å². The molecule has 4 rings (SSSR count). The van der Waals surface area contributed by atoms with Gasteiger partial charge >= 0.3 is 6.03 Å². The van der Waals surface area contributed by atoms with Crippen molar-refractivity contribution in [1.29, 1.82) is 0 Å². The standard InChI is InChI=1S/C22H26N2O3S/c1-15-10-11-17(14-21(15)28(2,26)27)23-22(25)24(18-12-13-18)20-9-5-7-16-6-3-4-8-19(16)20/h3-4,6,8,10-11,14,18,20H,5,7,9,12-13H2,1-2H3,(H,23,25). The molecule has 148 valence electrons. The first-order chi connectivity index (χ1) is 13.3. The van der Waals surface area contributed by atoms with E-state index < -0.39 is 9.84 Å². The average molecular weight is 399 g/mol. The number of nitrogens with one attached hydrogen (secondary N) is 1. The first-order valence-corrected chi connectivity index (χ1v) is 11.7. The maximum Gasteiger partial charge on any atom is 0.322 e. The predicted molar refractivity (Wildman–Crippen MR) is 110 cm³/mol.